The highest BCUT2D eigenvalue weighted by Crippen LogP contribution is 2.26. The molecule has 0 saturated carbocycles. The Morgan fingerprint density at radius 2 is 1.89 bits per heavy atom. The van der Waals surface area contributed by atoms with Crippen molar-refractivity contribution >= 4 is 23.6 Å². The van der Waals surface area contributed by atoms with Gasteiger partial charge in [-0.2, -0.15) is 5.10 Å². The summed E-state index contributed by atoms with van der Waals surface area (Å²) in [6, 6.07) is 10.3. The van der Waals surface area contributed by atoms with Gasteiger partial charge in [-0.25, -0.2) is 19.1 Å². The van der Waals surface area contributed by atoms with Gasteiger partial charge >= 0.3 is 12.1 Å². The quantitative estimate of drug-likeness (QED) is 0.520. The number of likely N-dealkylation sites (tertiary alicyclic amines) is 1. The lowest BCUT2D eigenvalue weighted by atomic mass is 10.0. The van der Waals surface area contributed by atoms with Crippen molar-refractivity contribution in [2.45, 2.75) is 45.4 Å². The topological polar surface area (TPSA) is 106 Å². The third-order valence-electron chi connectivity index (χ3n) is 6.63. The number of amides is 2. The zero-order chi connectivity index (χ0) is 24.5. The van der Waals surface area contributed by atoms with Gasteiger partial charge in [0.1, 0.15) is 13.2 Å². The minimum Gasteiger partial charge on any atom is -0.459 e. The molecule has 2 amide bonds. The Bertz CT molecular complexity index is 1270. The fourth-order valence-corrected chi connectivity index (χ4v) is 4.73. The summed E-state index contributed by atoms with van der Waals surface area (Å²) < 4.78 is 12.3. The van der Waals surface area contributed by atoms with E-state index in [-0.39, 0.29) is 25.2 Å². The molecule has 2 saturated heterocycles. The number of hydrogen-bond acceptors (Lipinski definition) is 7. The van der Waals surface area contributed by atoms with Gasteiger partial charge < -0.3 is 14.4 Å². The Kier molecular flexibility index (Phi) is 6.10. The van der Waals surface area contributed by atoms with Gasteiger partial charge in [0.05, 0.1) is 17.0 Å². The number of benzene rings is 1. The summed E-state index contributed by atoms with van der Waals surface area (Å²) in [7, 11) is 0. The minimum atomic E-state index is -0.782. The molecule has 0 spiro atoms. The first-order valence-electron chi connectivity index (χ1n) is 11.7. The molecule has 3 aromatic rings. The van der Waals surface area contributed by atoms with E-state index in [0.29, 0.717) is 37.1 Å². The molecule has 0 unspecified atom stereocenters. The number of aryl methyl sites for hydroxylation is 2. The predicted molar refractivity (Wildman–Crippen MR) is 125 cm³/mol. The summed E-state index contributed by atoms with van der Waals surface area (Å²) in [6.07, 6.45) is 2.16. The van der Waals surface area contributed by atoms with E-state index in [1.165, 1.54) is 4.90 Å². The van der Waals surface area contributed by atoms with Crippen molar-refractivity contribution in [2.75, 3.05) is 19.7 Å². The summed E-state index contributed by atoms with van der Waals surface area (Å²) in [5.41, 5.74) is 3.65. The molecule has 2 fully saturated rings. The molecule has 2 aliphatic rings. The average molecular weight is 478 g/mol. The van der Waals surface area contributed by atoms with Gasteiger partial charge in [-0.3, -0.25) is 9.69 Å². The molecule has 0 radical (unpaired) electrons. The van der Waals surface area contributed by atoms with Gasteiger partial charge in [-0.1, -0.05) is 30.3 Å². The first-order chi connectivity index (χ1) is 16.9. The van der Waals surface area contributed by atoms with E-state index in [9.17, 15) is 14.4 Å². The molecule has 1 atom stereocenters. The normalized spacial score (nSPS) is 18.7. The van der Waals surface area contributed by atoms with Crippen LogP contribution in [0.15, 0.2) is 42.6 Å². The highest BCUT2D eigenvalue weighted by atomic mass is 16.6. The molecule has 182 valence electrons. The van der Waals surface area contributed by atoms with E-state index < -0.39 is 18.1 Å². The summed E-state index contributed by atoms with van der Waals surface area (Å²) in [5.74, 6) is -0.603. The third kappa shape index (κ3) is 4.43. The maximum Gasteiger partial charge on any atom is 0.410 e. The van der Waals surface area contributed by atoms with Crippen LogP contribution in [0.2, 0.25) is 0 Å². The van der Waals surface area contributed by atoms with Crippen LogP contribution in [0.25, 0.3) is 5.65 Å². The van der Waals surface area contributed by atoms with Crippen LogP contribution in [0.4, 0.5) is 4.79 Å². The number of carbonyl (C=O) groups excluding carboxylic acids is 3. The SMILES string of the molecule is Cc1cc2ncc(C(=O)N3CCC(N4C(=O)OC[C@H]4C(=O)OCc4ccccc4)CC3)c(C)n2n1. The zero-order valence-corrected chi connectivity index (χ0v) is 19.7. The molecular formula is C25H27N5O5. The molecule has 35 heavy (non-hydrogen) atoms. The summed E-state index contributed by atoms with van der Waals surface area (Å²) in [6.45, 7) is 4.75. The van der Waals surface area contributed by atoms with E-state index in [1.54, 1.807) is 15.6 Å². The second kappa shape index (κ2) is 9.36. The Hall–Kier alpha value is -3.95. The lowest BCUT2D eigenvalue weighted by molar-refractivity contribution is -0.150. The number of ether oxygens (including phenoxy) is 2. The van der Waals surface area contributed by atoms with Gasteiger partial charge in [0.25, 0.3) is 5.91 Å². The molecule has 1 aromatic carbocycles. The van der Waals surface area contributed by atoms with E-state index in [0.717, 1.165) is 17.0 Å². The molecule has 5 rings (SSSR count). The molecule has 0 bridgehead atoms. The fraction of sp³-hybridized carbons (Fsp3) is 0.400. The number of cyclic esters (lactones) is 1. The highest BCUT2D eigenvalue weighted by Gasteiger charge is 2.44. The Morgan fingerprint density at radius 3 is 2.63 bits per heavy atom. The van der Waals surface area contributed by atoms with Crippen LogP contribution in [0.5, 0.6) is 0 Å². The molecule has 4 heterocycles. The molecule has 2 aromatic heterocycles. The van der Waals surface area contributed by atoms with Gasteiger partial charge in [0.2, 0.25) is 0 Å². The Morgan fingerprint density at radius 1 is 1.14 bits per heavy atom. The van der Waals surface area contributed by atoms with Crippen LogP contribution in [-0.4, -0.2) is 74.1 Å². The fourth-order valence-electron chi connectivity index (χ4n) is 4.73. The first-order valence-corrected chi connectivity index (χ1v) is 11.7. The van der Waals surface area contributed by atoms with Crippen molar-refractivity contribution in [1.29, 1.82) is 0 Å². The van der Waals surface area contributed by atoms with Gasteiger partial charge in [-0.05, 0) is 32.3 Å². The molecule has 10 heteroatoms. The van der Waals surface area contributed by atoms with Crippen LogP contribution in [0.3, 0.4) is 0 Å². The average Bonchev–Trinajstić information content (AvgIpc) is 3.45. The molecule has 2 aliphatic heterocycles. The lowest BCUT2D eigenvalue weighted by Gasteiger charge is -2.37. The molecule has 10 nitrogen and oxygen atoms in total. The summed E-state index contributed by atoms with van der Waals surface area (Å²) >= 11 is 0. The van der Waals surface area contributed by atoms with Crippen LogP contribution in [0.1, 0.15) is 40.2 Å². The third-order valence-corrected chi connectivity index (χ3v) is 6.63. The van der Waals surface area contributed by atoms with Crippen molar-refractivity contribution in [3.8, 4) is 0 Å². The molecule has 0 N–H and O–H groups in total. The maximum absolute atomic E-state index is 13.2. The number of piperidine rings is 1. The van der Waals surface area contributed by atoms with Gasteiger partial charge in [0, 0.05) is 31.4 Å². The van der Waals surface area contributed by atoms with Crippen molar-refractivity contribution in [1.82, 2.24) is 24.4 Å². The van der Waals surface area contributed by atoms with E-state index in [1.807, 2.05) is 50.2 Å². The standard InChI is InChI=1S/C25H27N5O5/c1-16-12-22-26-13-20(17(2)30(22)27-16)23(31)28-10-8-19(9-11-28)29-21(15-35-25(29)33)24(32)34-14-18-6-4-3-5-7-18/h3-7,12-13,19,21H,8-11,14-15H2,1-2H3/t21-/m0/s1. The van der Waals surface area contributed by atoms with Crippen molar-refractivity contribution in [3.05, 3.63) is 65.1 Å². The van der Waals surface area contributed by atoms with Crippen molar-refractivity contribution in [3.63, 3.8) is 0 Å². The Balaban J connectivity index is 1.22. The minimum absolute atomic E-state index is 0.0280. The van der Waals surface area contributed by atoms with Crippen LogP contribution >= 0.6 is 0 Å². The number of esters is 1. The van der Waals surface area contributed by atoms with E-state index in [2.05, 4.69) is 10.1 Å². The number of aromatic nitrogens is 3. The zero-order valence-electron chi connectivity index (χ0n) is 19.7. The monoisotopic (exact) mass is 477 g/mol. The summed E-state index contributed by atoms with van der Waals surface area (Å²) in [5, 5.41) is 4.41. The predicted octanol–water partition coefficient (Wildman–Crippen LogP) is 2.51. The lowest BCUT2D eigenvalue weighted by Crippen LogP contribution is -2.52. The van der Waals surface area contributed by atoms with Crippen LogP contribution in [0, 0.1) is 13.8 Å². The first kappa shape index (κ1) is 22.8. The van der Waals surface area contributed by atoms with Crippen molar-refractivity contribution < 1.29 is 23.9 Å². The maximum atomic E-state index is 13.2. The summed E-state index contributed by atoms with van der Waals surface area (Å²) in [4.78, 5) is 46.0. The largest absolute Gasteiger partial charge is 0.459 e. The van der Waals surface area contributed by atoms with Crippen LogP contribution < -0.4 is 0 Å². The second-order valence-electron chi connectivity index (χ2n) is 8.93. The van der Waals surface area contributed by atoms with Gasteiger partial charge in [-0.15, -0.1) is 0 Å². The number of fused-ring (bicyclic) bond motifs is 1. The smallest absolute Gasteiger partial charge is 0.410 e. The Labute approximate surface area is 202 Å². The van der Waals surface area contributed by atoms with E-state index in [4.69, 9.17) is 9.47 Å². The van der Waals surface area contributed by atoms with Crippen LogP contribution in [-0.2, 0) is 20.9 Å². The number of carbonyl (C=O) groups is 3. The van der Waals surface area contributed by atoms with Gasteiger partial charge in [0.15, 0.2) is 11.7 Å². The molecule has 0 aliphatic carbocycles. The van der Waals surface area contributed by atoms with E-state index >= 15 is 0 Å². The number of rotatable bonds is 5. The van der Waals surface area contributed by atoms with Crippen molar-refractivity contribution in [2.24, 2.45) is 0 Å². The number of hydrogen-bond donors (Lipinski definition) is 0. The highest BCUT2D eigenvalue weighted by molar-refractivity contribution is 5.95. The second-order valence-corrected chi connectivity index (χ2v) is 8.93. The number of nitrogens with zero attached hydrogens (tertiary/aromatic N) is 5. The molecular weight excluding hydrogens is 450 g/mol.